The van der Waals surface area contributed by atoms with Gasteiger partial charge in [0.05, 0.1) is 15.6 Å². The predicted octanol–water partition coefficient (Wildman–Crippen LogP) is 2.16. The standard InChI is InChI=1S/C12H7ClN2O3S2/c13-6-1-5(3-8-11(17)15-12(19)20-8)2-7-10(6)18-4-9(16)14-7/h1-3H,4H2,(H,14,16)(H,15,17,19)/b8-3+. The molecule has 1 fully saturated rings. The number of carbonyl (C=O) groups excluding carboxylic acids is 2. The Balaban J connectivity index is 1.99. The lowest BCUT2D eigenvalue weighted by Crippen LogP contribution is -2.25. The van der Waals surface area contributed by atoms with Crippen LogP contribution >= 0.6 is 35.6 Å². The zero-order chi connectivity index (χ0) is 14.3. The molecule has 2 amide bonds. The van der Waals surface area contributed by atoms with Crippen molar-refractivity contribution in [1.82, 2.24) is 5.32 Å². The van der Waals surface area contributed by atoms with E-state index in [9.17, 15) is 9.59 Å². The van der Waals surface area contributed by atoms with Crippen LogP contribution in [0.15, 0.2) is 17.0 Å². The molecule has 1 aromatic carbocycles. The zero-order valence-corrected chi connectivity index (χ0v) is 12.2. The third-order valence-electron chi connectivity index (χ3n) is 2.63. The van der Waals surface area contributed by atoms with E-state index in [1.165, 1.54) is 11.8 Å². The predicted molar refractivity (Wildman–Crippen MR) is 81.9 cm³/mol. The number of halogens is 1. The van der Waals surface area contributed by atoms with Crippen molar-refractivity contribution in [3.05, 3.63) is 27.6 Å². The minimum Gasteiger partial charge on any atom is -0.480 e. The molecule has 2 aliphatic heterocycles. The molecule has 2 heterocycles. The number of hydrogen-bond donors (Lipinski definition) is 2. The van der Waals surface area contributed by atoms with Crippen LogP contribution in [0, 0.1) is 0 Å². The van der Waals surface area contributed by atoms with E-state index < -0.39 is 0 Å². The monoisotopic (exact) mass is 326 g/mol. The van der Waals surface area contributed by atoms with Crippen LogP contribution in [0.5, 0.6) is 5.75 Å². The fourth-order valence-electron chi connectivity index (χ4n) is 1.83. The lowest BCUT2D eigenvalue weighted by atomic mass is 10.1. The summed E-state index contributed by atoms with van der Waals surface area (Å²) in [6.07, 6.45) is 1.66. The molecule has 5 nitrogen and oxygen atoms in total. The first-order valence-corrected chi connectivity index (χ1v) is 7.14. The van der Waals surface area contributed by atoms with Gasteiger partial charge in [-0.15, -0.1) is 0 Å². The molecule has 0 atom stereocenters. The molecular formula is C12H7ClN2O3S2. The lowest BCUT2D eigenvalue weighted by Gasteiger charge is -2.19. The van der Waals surface area contributed by atoms with Gasteiger partial charge in [-0.2, -0.15) is 0 Å². The SMILES string of the molecule is O=C1COc2c(Cl)cc(/C=C3/SC(=S)NC3=O)cc2N1. The Hall–Kier alpha value is -1.57. The number of benzene rings is 1. The fourth-order valence-corrected chi connectivity index (χ4v) is 3.16. The summed E-state index contributed by atoms with van der Waals surface area (Å²) < 4.78 is 5.68. The van der Waals surface area contributed by atoms with Gasteiger partial charge < -0.3 is 15.4 Å². The molecule has 8 heteroatoms. The van der Waals surface area contributed by atoms with Crippen LogP contribution in [0.2, 0.25) is 5.02 Å². The van der Waals surface area contributed by atoms with Crippen molar-refractivity contribution in [3.8, 4) is 5.75 Å². The van der Waals surface area contributed by atoms with E-state index >= 15 is 0 Å². The Morgan fingerprint density at radius 1 is 1.35 bits per heavy atom. The number of rotatable bonds is 1. The molecule has 0 unspecified atom stereocenters. The third-order valence-corrected chi connectivity index (χ3v) is 4.07. The number of hydrogen-bond acceptors (Lipinski definition) is 5. The molecule has 1 saturated heterocycles. The highest BCUT2D eigenvalue weighted by molar-refractivity contribution is 8.26. The van der Waals surface area contributed by atoms with Gasteiger partial charge >= 0.3 is 0 Å². The lowest BCUT2D eigenvalue weighted by molar-refractivity contribution is -0.118. The topological polar surface area (TPSA) is 67.4 Å². The zero-order valence-electron chi connectivity index (χ0n) is 9.86. The summed E-state index contributed by atoms with van der Waals surface area (Å²) in [6.45, 7) is -0.0559. The number of thioether (sulfide) groups is 1. The van der Waals surface area contributed by atoms with Crippen LogP contribution in [0.4, 0.5) is 5.69 Å². The number of amides is 2. The van der Waals surface area contributed by atoms with Gasteiger partial charge in [-0.25, -0.2) is 0 Å². The van der Waals surface area contributed by atoms with Gasteiger partial charge in [-0.05, 0) is 23.8 Å². The van der Waals surface area contributed by atoms with E-state index in [1.54, 1.807) is 18.2 Å². The number of carbonyl (C=O) groups is 2. The van der Waals surface area contributed by atoms with Gasteiger partial charge in [0, 0.05) is 0 Å². The van der Waals surface area contributed by atoms with E-state index in [0.717, 1.165) is 0 Å². The van der Waals surface area contributed by atoms with Gasteiger partial charge in [-0.3, -0.25) is 9.59 Å². The van der Waals surface area contributed by atoms with E-state index in [1.807, 2.05) is 0 Å². The molecule has 3 rings (SSSR count). The van der Waals surface area contributed by atoms with Crippen LogP contribution < -0.4 is 15.4 Å². The number of anilines is 1. The van der Waals surface area contributed by atoms with Crippen LogP contribution in [-0.2, 0) is 9.59 Å². The highest BCUT2D eigenvalue weighted by atomic mass is 35.5. The first kappa shape index (κ1) is 13.4. The number of ether oxygens (including phenoxy) is 1. The second kappa shape index (κ2) is 5.08. The van der Waals surface area contributed by atoms with Crippen molar-refractivity contribution in [2.45, 2.75) is 0 Å². The van der Waals surface area contributed by atoms with Crippen LogP contribution in [0.25, 0.3) is 6.08 Å². The van der Waals surface area contributed by atoms with Gasteiger partial charge in [0.1, 0.15) is 4.32 Å². The Kier molecular flexibility index (Phi) is 3.41. The van der Waals surface area contributed by atoms with Crippen molar-refractivity contribution in [2.24, 2.45) is 0 Å². The molecule has 102 valence electrons. The minimum absolute atomic E-state index is 0.0559. The highest BCUT2D eigenvalue weighted by Crippen LogP contribution is 2.37. The van der Waals surface area contributed by atoms with Crippen molar-refractivity contribution >= 4 is 63.5 Å². The number of nitrogens with one attached hydrogen (secondary N) is 2. The molecule has 20 heavy (non-hydrogen) atoms. The van der Waals surface area contributed by atoms with Gasteiger partial charge in [0.25, 0.3) is 11.8 Å². The van der Waals surface area contributed by atoms with Gasteiger partial charge in [-0.1, -0.05) is 35.6 Å². The fraction of sp³-hybridized carbons (Fsp3) is 0.0833. The Bertz CT molecular complexity index is 688. The maximum Gasteiger partial charge on any atom is 0.263 e. The minimum atomic E-state index is -0.243. The van der Waals surface area contributed by atoms with Crippen LogP contribution in [0.1, 0.15) is 5.56 Å². The first-order chi connectivity index (χ1) is 9.52. The van der Waals surface area contributed by atoms with Crippen molar-refractivity contribution in [1.29, 1.82) is 0 Å². The van der Waals surface area contributed by atoms with Crippen molar-refractivity contribution in [3.63, 3.8) is 0 Å². The smallest absolute Gasteiger partial charge is 0.263 e. The molecule has 2 aliphatic rings. The Morgan fingerprint density at radius 3 is 2.85 bits per heavy atom. The van der Waals surface area contributed by atoms with Gasteiger partial charge in [0.15, 0.2) is 12.4 Å². The summed E-state index contributed by atoms with van der Waals surface area (Å²) in [5, 5.41) is 5.58. The Labute approximate surface area is 128 Å². The highest BCUT2D eigenvalue weighted by Gasteiger charge is 2.23. The molecule has 0 aliphatic carbocycles. The van der Waals surface area contributed by atoms with E-state index in [4.69, 9.17) is 28.6 Å². The van der Waals surface area contributed by atoms with Crippen molar-refractivity contribution < 1.29 is 14.3 Å². The quantitative estimate of drug-likeness (QED) is 0.611. The molecule has 2 N–H and O–H groups in total. The Morgan fingerprint density at radius 2 is 2.15 bits per heavy atom. The maximum atomic E-state index is 11.6. The van der Waals surface area contributed by atoms with Crippen LogP contribution in [-0.4, -0.2) is 22.7 Å². The van der Waals surface area contributed by atoms with Gasteiger partial charge in [0.2, 0.25) is 0 Å². The average molecular weight is 327 g/mol. The second-order valence-electron chi connectivity index (χ2n) is 4.07. The third kappa shape index (κ3) is 2.52. The number of thiocarbonyl (C=S) groups is 1. The second-order valence-corrected chi connectivity index (χ2v) is 6.19. The van der Waals surface area contributed by atoms with E-state index in [2.05, 4.69) is 10.6 Å². The molecule has 0 bridgehead atoms. The first-order valence-electron chi connectivity index (χ1n) is 5.54. The summed E-state index contributed by atoms with van der Waals surface area (Å²) in [7, 11) is 0. The largest absolute Gasteiger partial charge is 0.480 e. The summed E-state index contributed by atoms with van der Waals surface area (Å²) in [4.78, 5) is 23.4. The van der Waals surface area contributed by atoms with Crippen LogP contribution in [0.3, 0.4) is 0 Å². The summed E-state index contributed by atoms with van der Waals surface area (Å²) in [5.74, 6) is -0.0471. The average Bonchev–Trinajstić information content (AvgIpc) is 2.67. The summed E-state index contributed by atoms with van der Waals surface area (Å²) in [5.41, 5.74) is 1.17. The molecule has 0 spiro atoms. The molecular weight excluding hydrogens is 320 g/mol. The summed E-state index contributed by atoms with van der Waals surface area (Å²) >= 11 is 12.2. The molecule has 0 aromatic heterocycles. The number of fused-ring (bicyclic) bond motifs is 1. The van der Waals surface area contributed by atoms with E-state index in [0.29, 0.717) is 31.2 Å². The molecule has 0 radical (unpaired) electrons. The molecule has 1 aromatic rings. The van der Waals surface area contributed by atoms with E-state index in [-0.39, 0.29) is 18.4 Å². The maximum absolute atomic E-state index is 11.6. The summed E-state index contributed by atoms with van der Waals surface area (Å²) in [6, 6.07) is 3.36. The normalized spacial score (nSPS) is 19.4. The van der Waals surface area contributed by atoms with Crippen molar-refractivity contribution in [2.75, 3.05) is 11.9 Å². The molecule has 0 saturated carbocycles.